The van der Waals surface area contributed by atoms with Crippen LogP contribution in [-0.2, 0) is 16.1 Å². The molecule has 1 aromatic heterocycles. The zero-order valence-corrected chi connectivity index (χ0v) is 11.0. The topological polar surface area (TPSA) is 71.5 Å². The second-order valence-electron chi connectivity index (χ2n) is 4.64. The average molecular weight is 263 g/mol. The first-order valence-electron chi connectivity index (χ1n) is 6.16. The largest absolute Gasteiger partial charge is 0.449 e. The number of hydrogen-bond acceptors (Lipinski definition) is 4. The molecular formula is C13H17N3O3. The van der Waals surface area contributed by atoms with Crippen molar-refractivity contribution in [1.29, 1.82) is 0 Å². The van der Waals surface area contributed by atoms with Crippen LogP contribution in [0.4, 0.5) is 4.79 Å². The maximum atomic E-state index is 12.1. The van der Waals surface area contributed by atoms with Crippen LogP contribution in [0.1, 0.15) is 17.7 Å². The molecule has 2 heterocycles. The normalized spacial score (nSPS) is 18.4. The Kier molecular flexibility index (Phi) is 3.99. The molecular weight excluding hydrogens is 246 g/mol. The van der Waals surface area contributed by atoms with Gasteiger partial charge in [-0.1, -0.05) is 6.07 Å². The highest BCUT2D eigenvalue weighted by atomic mass is 16.6. The number of nitrogens with zero attached hydrogens (tertiary/aromatic N) is 2. The summed E-state index contributed by atoms with van der Waals surface area (Å²) in [5.74, 6) is -0.126. The van der Waals surface area contributed by atoms with Gasteiger partial charge in [-0.05, 0) is 18.6 Å². The molecule has 1 aliphatic heterocycles. The lowest BCUT2D eigenvalue weighted by Gasteiger charge is -2.26. The molecule has 6 nitrogen and oxygen atoms in total. The molecule has 1 saturated heterocycles. The molecule has 0 saturated carbocycles. The molecule has 0 spiro atoms. The van der Waals surface area contributed by atoms with Gasteiger partial charge in [0.15, 0.2) is 0 Å². The Morgan fingerprint density at radius 1 is 1.58 bits per heavy atom. The first-order valence-corrected chi connectivity index (χ1v) is 6.16. The van der Waals surface area contributed by atoms with Crippen molar-refractivity contribution < 1.29 is 14.3 Å². The predicted octanol–water partition coefficient (Wildman–Crippen LogP) is 0.847. The van der Waals surface area contributed by atoms with Crippen LogP contribution in [0.15, 0.2) is 18.3 Å². The van der Waals surface area contributed by atoms with E-state index < -0.39 is 12.1 Å². The molecule has 1 unspecified atom stereocenters. The summed E-state index contributed by atoms with van der Waals surface area (Å²) in [7, 11) is 1.70. The molecule has 0 aliphatic carbocycles. The number of nitrogens with one attached hydrogen (secondary N) is 1. The van der Waals surface area contributed by atoms with Crippen molar-refractivity contribution in [3.05, 3.63) is 29.6 Å². The van der Waals surface area contributed by atoms with Crippen LogP contribution in [0.2, 0.25) is 0 Å². The minimum absolute atomic E-state index is 0.126. The number of alkyl carbamates (subject to hydrolysis) is 1. The molecule has 0 bridgehead atoms. The summed E-state index contributed by atoms with van der Waals surface area (Å²) in [4.78, 5) is 29.0. The van der Waals surface area contributed by atoms with Crippen LogP contribution in [0.3, 0.4) is 0 Å². The lowest BCUT2D eigenvalue weighted by Crippen LogP contribution is -2.50. The molecule has 2 rings (SSSR count). The van der Waals surface area contributed by atoms with Crippen molar-refractivity contribution in [2.45, 2.75) is 25.9 Å². The van der Waals surface area contributed by atoms with Crippen molar-refractivity contribution in [2.75, 3.05) is 13.7 Å². The Hall–Kier alpha value is -2.11. The quantitative estimate of drug-likeness (QED) is 0.877. The zero-order valence-electron chi connectivity index (χ0n) is 11.0. The number of aromatic nitrogens is 1. The number of hydrogen-bond donors (Lipinski definition) is 1. The molecule has 1 fully saturated rings. The van der Waals surface area contributed by atoms with E-state index in [1.807, 2.05) is 19.1 Å². The fraction of sp³-hybridized carbons (Fsp3) is 0.462. The summed E-state index contributed by atoms with van der Waals surface area (Å²) in [6.07, 6.45) is 1.73. The number of ether oxygens (including phenoxy) is 1. The van der Waals surface area contributed by atoms with Gasteiger partial charge in [0, 0.05) is 19.7 Å². The number of aryl methyl sites for hydroxylation is 1. The average Bonchev–Trinajstić information content (AvgIpc) is 2.40. The Morgan fingerprint density at radius 3 is 3.00 bits per heavy atom. The Morgan fingerprint density at radius 2 is 2.37 bits per heavy atom. The molecule has 19 heavy (non-hydrogen) atoms. The molecule has 102 valence electrons. The number of carbonyl (C=O) groups is 2. The molecule has 6 heteroatoms. The van der Waals surface area contributed by atoms with Crippen LogP contribution in [0.25, 0.3) is 0 Å². The summed E-state index contributed by atoms with van der Waals surface area (Å²) >= 11 is 0. The van der Waals surface area contributed by atoms with Gasteiger partial charge in [0.25, 0.3) is 0 Å². The van der Waals surface area contributed by atoms with E-state index in [9.17, 15) is 9.59 Å². The number of amides is 2. The highest BCUT2D eigenvalue weighted by Crippen LogP contribution is 2.08. The molecule has 0 aromatic carbocycles. The van der Waals surface area contributed by atoms with Gasteiger partial charge >= 0.3 is 6.09 Å². The van der Waals surface area contributed by atoms with Crippen LogP contribution < -0.4 is 5.32 Å². The number of pyridine rings is 1. The van der Waals surface area contributed by atoms with Gasteiger partial charge in [0.1, 0.15) is 6.04 Å². The summed E-state index contributed by atoms with van der Waals surface area (Å²) in [6.45, 7) is 2.66. The van der Waals surface area contributed by atoms with Gasteiger partial charge in [-0.25, -0.2) is 4.79 Å². The summed E-state index contributed by atoms with van der Waals surface area (Å²) < 4.78 is 4.74. The fourth-order valence-electron chi connectivity index (χ4n) is 1.89. The Bertz CT molecular complexity index is 473. The summed E-state index contributed by atoms with van der Waals surface area (Å²) in [6, 6.07) is 3.34. The van der Waals surface area contributed by atoms with Crippen molar-refractivity contribution in [3.63, 3.8) is 0 Å². The molecule has 1 atom stereocenters. The molecule has 1 aliphatic rings. The molecule has 2 amide bonds. The molecule has 1 N–H and O–H groups in total. The van der Waals surface area contributed by atoms with E-state index in [-0.39, 0.29) is 12.5 Å². The van der Waals surface area contributed by atoms with E-state index in [1.54, 1.807) is 18.1 Å². The lowest BCUT2D eigenvalue weighted by atomic mass is 10.1. The van der Waals surface area contributed by atoms with Gasteiger partial charge in [0.2, 0.25) is 5.91 Å². The summed E-state index contributed by atoms with van der Waals surface area (Å²) in [5.41, 5.74) is 1.90. The number of cyclic esters (lactones) is 1. The van der Waals surface area contributed by atoms with Gasteiger partial charge in [-0.2, -0.15) is 0 Å². The minimum Gasteiger partial charge on any atom is -0.449 e. The second kappa shape index (κ2) is 5.69. The third kappa shape index (κ3) is 3.43. The van der Waals surface area contributed by atoms with E-state index in [2.05, 4.69) is 10.3 Å². The maximum absolute atomic E-state index is 12.1. The van der Waals surface area contributed by atoms with Gasteiger partial charge in [0.05, 0.1) is 18.8 Å². The standard InChI is InChI=1S/C13H17N3O3/c1-9-3-4-10(14-7-9)8-16(2)12(17)11-5-6-19-13(18)15-11/h3-4,7,11H,5-6,8H2,1-2H3,(H,15,18). The summed E-state index contributed by atoms with van der Waals surface area (Å²) in [5, 5.41) is 2.52. The third-order valence-corrected chi connectivity index (χ3v) is 2.98. The molecule has 0 radical (unpaired) electrons. The SMILES string of the molecule is Cc1ccc(CN(C)C(=O)C2CCOC(=O)N2)nc1. The van der Waals surface area contributed by atoms with Gasteiger partial charge in [-0.3, -0.25) is 9.78 Å². The smallest absolute Gasteiger partial charge is 0.407 e. The second-order valence-corrected chi connectivity index (χ2v) is 4.64. The van der Waals surface area contributed by atoms with Crippen LogP contribution in [0.5, 0.6) is 0 Å². The first-order chi connectivity index (χ1) is 9.06. The van der Waals surface area contributed by atoms with Gasteiger partial charge < -0.3 is 15.0 Å². The van der Waals surface area contributed by atoms with Crippen LogP contribution in [0, 0.1) is 6.92 Å². The maximum Gasteiger partial charge on any atom is 0.407 e. The van der Waals surface area contributed by atoms with Crippen molar-refractivity contribution in [2.24, 2.45) is 0 Å². The fourth-order valence-corrected chi connectivity index (χ4v) is 1.89. The van der Waals surface area contributed by atoms with E-state index >= 15 is 0 Å². The lowest BCUT2D eigenvalue weighted by molar-refractivity contribution is -0.133. The molecule has 1 aromatic rings. The van der Waals surface area contributed by atoms with Gasteiger partial charge in [-0.15, -0.1) is 0 Å². The first kappa shape index (κ1) is 13.3. The van der Waals surface area contributed by atoms with E-state index in [4.69, 9.17) is 4.74 Å². The highest BCUT2D eigenvalue weighted by Gasteiger charge is 2.28. The predicted molar refractivity (Wildman–Crippen MR) is 68.3 cm³/mol. The van der Waals surface area contributed by atoms with Crippen LogP contribution >= 0.6 is 0 Å². The number of carbonyl (C=O) groups excluding carboxylic acids is 2. The number of rotatable bonds is 3. The third-order valence-electron chi connectivity index (χ3n) is 2.98. The Labute approximate surface area is 111 Å². The van der Waals surface area contributed by atoms with E-state index in [0.717, 1.165) is 11.3 Å². The van der Waals surface area contributed by atoms with E-state index in [0.29, 0.717) is 13.0 Å². The van der Waals surface area contributed by atoms with Crippen molar-refractivity contribution in [1.82, 2.24) is 15.2 Å². The van der Waals surface area contributed by atoms with E-state index in [1.165, 1.54) is 0 Å². The number of likely N-dealkylation sites (N-methyl/N-ethyl adjacent to an activating group) is 1. The van der Waals surface area contributed by atoms with Crippen molar-refractivity contribution >= 4 is 12.0 Å². The highest BCUT2D eigenvalue weighted by molar-refractivity contribution is 5.86. The van der Waals surface area contributed by atoms with Crippen molar-refractivity contribution in [3.8, 4) is 0 Å². The monoisotopic (exact) mass is 263 g/mol. The minimum atomic E-state index is -0.536. The zero-order chi connectivity index (χ0) is 13.8. The van der Waals surface area contributed by atoms with Crippen LogP contribution in [-0.4, -0.2) is 41.6 Å². The Balaban J connectivity index is 1.95.